The lowest BCUT2D eigenvalue weighted by Gasteiger charge is -2.17. The number of fused-ring (bicyclic) bond motifs is 1. The molecule has 1 aliphatic heterocycles. The maximum Gasteiger partial charge on any atom is 0.226 e. The van der Waals surface area contributed by atoms with Crippen molar-refractivity contribution in [3.63, 3.8) is 0 Å². The van der Waals surface area contributed by atoms with Gasteiger partial charge in [-0.25, -0.2) is 4.68 Å². The van der Waals surface area contributed by atoms with Crippen LogP contribution in [0.2, 0.25) is 0 Å². The van der Waals surface area contributed by atoms with E-state index in [1.54, 1.807) is 7.11 Å². The van der Waals surface area contributed by atoms with Crippen LogP contribution in [0.1, 0.15) is 5.56 Å². The standard InChI is InChI=1S/C18H22N4O2/c1-21(18(23)17-15-8-19-9-16(15)17)10-12-7-20-22(11-12)13-4-3-5-14(6-13)24-2/h3-7,11,15-17,19H,8-10H2,1-2H3/t15-,16+,17?. The van der Waals surface area contributed by atoms with Crippen molar-refractivity contribution in [2.75, 3.05) is 27.2 Å². The Labute approximate surface area is 141 Å². The van der Waals surface area contributed by atoms with Crippen LogP contribution < -0.4 is 10.1 Å². The van der Waals surface area contributed by atoms with Crippen molar-refractivity contribution in [3.8, 4) is 11.4 Å². The molecule has 1 N–H and O–H groups in total. The number of aromatic nitrogens is 2. The lowest BCUT2D eigenvalue weighted by Crippen LogP contribution is -2.31. The third kappa shape index (κ3) is 2.67. The van der Waals surface area contributed by atoms with Gasteiger partial charge in [-0.3, -0.25) is 4.79 Å². The number of nitrogens with one attached hydrogen (secondary N) is 1. The van der Waals surface area contributed by atoms with Crippen molar-refractivity contribution in [2.24, 2.45) is 17.8 Å². The molecule has 3 atom stereocenters. The van der Waals surface area contributed by atoms with Gasteiger partial charge in [0.1, 0.15) is 5.75 Å². The number of hydrogen-bond acceptors (Lipinski definition) is 4. The number of carbonyl (C=O) groups excluding carboxylic acids is 1. The summed E-state index contributed by atoms with van der Waals surface area (Å²) in [6.45, 7) is 2.57. The fourth-order valence-corrected chi connectivity index (χ4v) is 3.73. The monoisotopic (exact) mass is 326 g/mol. The first-order valence-corrected chi connectivity index (χ1v) is 8.31. The Morgan fingerprint density at radius 2 is 2.21 bits per heavy atom. The average molecular weight is 326 g/mol. The zero-order chi connectivity index (χ0) is 16.7. The molecule has 2 heterocycles. The first-order chi connectivity index (χ1) is 11.7. The third-order valence-electron chi connectivity index (χ3n) is 5.13. The highest BCUT2D eigenvalue weighted by Crippen LogP contribution is 2.49. The highest BCUT2D eigenvalue weighted by atomic mass is 16.5. The largest absolute Gasteiger partial charge is 0.497 e. The molecule has 126 valence electrons. The average Bonchev–Trinajstić information content (AvgIpc) is 2.98. The predicted octanol–water partition coefficient (Wildman–Crippen LogP) is 1.30. The molecule has 24 heavy (non-hydrogen) atoms. The smallest absolute Gasteiger partial charge is 0.226 e. The van der Waals surface area contributed by atoms with Crippen LogP contribution in [0, 0.1) is 17.8 Å². The molecule has 6 nitrogen and oxygen atoms in total. The highest BCUT2D eigenvalue weighted by molar-refractivity contribution is 5.82. The van der Waals surface area contributed by atoms with Crippen LogP contribution in [0.3, 0.4) is 0 Å². The fourth-order valence-electron chi connectivity index (χ4n) is 3.73. The first kappa shape index (κ1) is 15.2. The topological polar surface area (TPSA) is 59.4 Å². The van der Waals surface area contributed by atoms with E-state index in [4.69, 9.17) is 4.74 Å². The minimum Gasteiger partial charge on any atom is -0.497 e. The molecular formula is C18H22N4O2. The molecule has 1 aliphatic carbocycles. The van der Waals surface area contributed by atoms with E-state index >= 15 is 0 Å². The van der Waals surface area contributed by atoms with Crippen molar-refractivity contribution >= 4 is 5.91 Å². The number of amides is 1. The molecule has 1 unspecified atom stereocenters. The summed E-state index contributed by atoms with van der Waals surface area (Å²) < 4.78 is 7.06. The van der Waals surface area contributed by atoms with Crippen LogP contribution in [0.15, 0.2) is 36.7 Å². The number of carbonyl (C=O) groups is 1. The fraction of sp³-hybridized carbons (Fsp3) is 0.444. The summed E-state index contributed by atoms with van der Waals surface area (Å²) in [7, 11) is 3.53. The second kappa shape index (κ2) is 5.94. The van der Waals surface area contributed by atoms with Crippen molar-refractivity contribution < 1.29 is 9.53 Å². The SMILES string of the molecule is COc1cccc(-n2cc(CN(C)C(=O)C3[C@H]4CNC[C@@H]34)cn2)c1. The van der Waals surface area contributed by atoms with E-state index in [1.165, 1.54) is 0 Å². The molecule has 4 rings (SSSR count). The van der Waals surface area contributed by atoms with E-state index < -0.39 is 0 Å². The lowest BCUT2D eigenvalue weighted by atomic mass is 10.2. The van der Waals surface area contributed by atoms with Gasteiger partial charge in [0.2, 0.25) is 5.91 Å². The molecule has 0 spiro atoms. The molecule has 1 aromatic carbocycles. The van der Waals surface area contributed by atoms with E-state index in [0.717, 1.165) is 30.1 Å². The molecule has 6 heteroatoms. The second-order valence-corrected chi connectivity index (χ2v) is 6.70. The quantitative estimate of drug-likeness (QED) is 0.900. The molecule has 0 radical (unpaired) electrons. The van der Waals surface area contributed by atoms with E-state index in [0.29, 0.717) is 18.4 Å². The molecule has 1 amide bonds. The van der Waals surface area contributed by atoms with E-state index in [2.05, 4.69) is 10.4 Å². The van der Waals surface area contributed by atoms with Gasteiger partial charge in [-0.1, -0.05) is 6.07 Å². The van der Waals surface area contributed by atoms with Gasteiger partial charge >= 0.3 is 0 Å². The van der Waals surface area contributed by atoms with Gasteiger partial charge in [0.05, 0.1) is 19.0 Å². The van der Waals surface area contributed by atoms with Gasteiger partial charge < -0.3 is 15.0 Å². The van der Waals surface area contributed by atoms with Crippen LogP contribution in [-0.2, 0) is 11.3 Å². The predicted molar refractivity (Wildman–Crippen MR) is 89.9 cm³/mol. The summed E-state index contributed by atoms with van der Waals surface area (Å²) in [4.78, 5) is 14.4. The van der Waals surface area contributed by atoms with Crippen LogP contribution in [0.4, 0.5) is 0 Å². The van der Waals surface area contributed by atoms with Gasteiger partial charge in [0.15, 0.2) is 0 Å². The molecule has 0 bridgehead atoms. The molecule has 1 aromatic heterocycles. The van der Waals surface area contributed by atoms with E-state index in [9.17, 15) is 4.79 Å². The number of nitrogens with zero attached hydrogens (tertiary/aromatic N) is 3. The molecular weight excluding hydrogens is 304 g/mol. The van der Waals surface area contributed by atoms with Crippen molar-refractivity contribution in [3.05, 3.63) is 42.2 Å². The summed E-state index contributed by atoms with van der Waals surface area (Å²) in [5.41, 5.74) is 1.97. The Kier molecular flexibility index (Phi) is 3.76. The van der Waals surface area contributed by atoms with Crippen LogP contribution >= 0.6 is 0 Å². The van der Waals surface area contributed by atoms with Gasteiger partial charge in [-0.2, -0.15) is 5.10 Å². The van der Waals surface area contributed by atoms with Crippen LogP contribution in [0.25, 0.3) is 5.69 Å². The number of benzene rings is 1. The Bertz CT molecular complexity index is 747. The van der Waals surface area contributed by atoms with E-state index in [1.807, 2.05) is 53.3 Å². The third-order valence-corrected chi connectivity index (χ3v) is 5.13. The molecule has 1 saturated carbocycles. The minimum atomic E-state index is 0.227. The Hall–Kier alpha value is -2.34. The van der Waals surface area contributed by atoms with Crippen LogP contribution in [0.5, 0.6) is 5.75 Å². The second-order valence-electron chi connectivity index (χ2n) is 6.70. The maximum atomic E-state index is 12.5. The Balaban J connectivity index is 1.42. The van der Waals surface area contributed by atoms with Gasteiger partial charge in [-0.05, 0) is 37.1 Å². The molecule has 2 aliphatic rings. The molecule has 2 fully saturated rings. The zero-order valence-electron chi connectivity index (χ0n) is 14.0. The maximum absolute atomic E-state index is 12.5. The first-order valence-electron chi connectivity index (χ1n) is 8.31. The van der Waals surface area contributed by atoms with E-state index in [-0.39, 0.29) is 11.8 Å². The molecule has 1 saturated heterocycles. The normalized spacial score (nSPS) is 24.5. The van der Waals surface area contributed by atoms with Gasteiger partial charge in [0, 0.05) is 37.3 Å². The summed E-state index contributed by atoms with van der Waals surface area (Å²) in [6, 6.07) is 7.75. The van der Waals surface area contributed by atoms with Crippen LogP contribution in [-0.4, -0.2) is 47.8 Å². The van der Waals surface area contributed by atoms with Crippen molar-refractivity contribution in [2.45, 2.75) is 6.54 Å². The number of methoxy groups -OCH3 is 1. The summed E-state index contributed by atoms with van der Waals surface area (Å²) in [6.07, 6.45) is 3.78. The highest BCUT2D eigenvalue weighted by Gasteiger charge is 2.57. The minimum absolute atomic E-state index is 0.227. The summed E-state index contributed by atoms with van der Waals surface area (Å²) in [5, 5.41) is 7.74. The Morgan fingerprint density at radius 1 is 1.42 bits per heavy atom. The number of piperidine rings is 1. The number of hydrogen-bond donors (Lipinski definition) is 1. The van der Waals surface area contributed by atoms with Crippen molar-refractivity contribution in [1.29, 1.82) is 0 Å². The summed E-state index contributed by atoms with van der Waals surface area (Å²) >= 11 is 0. The Morgan fingerprint density at radius 3 is 2.96 bits per heavy atom. The van der Waals surface area contributed by atoms with Gasteiger partial charge in [0.25, 0.3) is 0 Å². The lowest BCUT2D eigenvalue weighted by molar-refractivity contribution is -0.132. The number of ether oxygens (including phenoxy) is 1. The van der Waals surface area contributed by atoms with Gasteiger partial charge in [-0.15, -0.1) is 0 Å². The zero-order valence-corrected chi connectivity index (χ0v) is 14.0. The van der Waals surface area contributed by atoms with Crippen molar-refractivity contribution in [1.82, 2.24) is 20.0 Å². The molecule has 2 aromatic rings. The number of rotatable bonds is 5. The summed E-state index contributed by atoms with van der Waals surface area (Å²) in [5.74, 6) is 2.40.